The monoisotopic (exact) mass is 226 g/mol. The first-order chi connectivity index (χ1) is 8.34. The van der Waals surface area contributed by atoms with Crippen LogP contribution in [0.3, 0.4) is 0 Å². The van der Waals surface area contributed by atoms with Crippen LogP contribution in [0.1, 0.15) is 5.56 Å². The minimum Gasteiger partial charge on any atom is -0.410 e. The minimum atomic E-state index is -0.476. The van der Waals surface area contributed by atoms with Gasteiger partial charge in [0.1, 0.15) is 5.75 Å². The molecule has 0 atom stereocenters. The predicted molar refractivity (Wildman–Crippen MR) is 64.6 cm³/mol. The molecule has 0 spiro atoms. The Morgan fingerprint density at radius 2 is 1.88 bits per heavy atom. The third kappa shape index (κ3) is 3.65. The van der Waals surface area contributed by atoms with Gasteiger partial charge in [-0.15, -0.1) is 0 Å². The van der Waals surface area contributed by atoms with Crippen molar-refractivity contribution in [2.45, 2.75) is 6.54 Å². The van der Waals surface area contributed by atoms with Gasteiger partial charge in [-0.1, -0.05) is 48.5 Å². The second-order valence-corrected chi connectivity index (χ2v) is 3.46. The van der Waals surface area contributed by atoms with Crippen molar-refractivity contribution in [1.82, 2.24) is 5.32 Å². The van der Waals surface area contributed by atoms with Crippen LogP contribution >= 0.6 is 0 Å². The van der Waals surface area contributed by atoms with Gasteiger partial charge in [0.15, 0.2) is 0 Å². The molecule has 3 nitrogen and oxygen atoms in total. The largest absolute Gasteiger partial charge is 0.412 e. The van der Waals surface area contributed by atoms with Crippen LogP contribution in [0.5, 0.6) is 5.75 Å². The molecule has 0 aliphatic heterocycles. The Labute approximate surface area is 100 Å². The highest BCUT2D eigenvalue weighted by Gasteiger charge is 2.02. The molecule has 0 aromatic heterocycles. The van der Waals surface area contributed by atoms with Gasteiger partial charge in [-0.3, -0.25) is 0 Å². The molecule has 0 unspecified atom stereocenters. The summed E-state index contributed by atoms with van der Waals surface area (Å²) < 4.78 is 5.03. The van der Waals surface area contributed by atoms with Gasteiger partial charge in [-0.2, -0.15) is 0 Å². The number of carbonyl (C=O) groups is 1. The van der Waals surface area contributed by atoms with E-state index < -0.39 is 6.09 Å². The Bertz CT molecular complexity index is 468. The molecular weight excluding hydrogens is 214 g/mol. The molecule has 0 saturated heterocycles. The van der Waals surface area contributed by atoms with Crippen LogP contribution in [-0.2, 0) is 6.54 Å². The lowest BCUT2D eigenvalue weighted by Gasteiger charge is -2.05. The van der Waals surface area contributed by atoms with Crippen molar-refractivity contribution in [2.75, 3.05) is 0 Å². The zero-order chi connectivity index (χ0) is 11.9. The van der Waals surface area contributed by atoms with Gasteiger partial charge < -0.3 is 10.1 Å². The van der Waals surface area contributed by atoms with Crippen LogP contribution < -0.4 is 10.1 Å². The number of amides is 1. The van der Waals surface area contributed by atoms with Crippen molar-refractivity contribution >= 4 is 6.09 Å². The number of hydrogen-bond donors (Lipinski definition) is 1. The first-order valence-electron chi connectivity index (χ1n) is 5.31. The standard InChI is InChI=1S/C14H12NO2/c16-14(17-13-9-5-2-6-10-13)15-11-12-7-3-1-4-8-12/h1-9H,11H2,(H,15,16). The smallest absolute Gasteiger partial charge is 0.410 e. The minimum absolute atomic E-state index is 0.415. The summed E-state index contributed by atoms with van der Waals surface area (Å²) in [5.74, 6) is 0.415. The van der Waals surface area contributed by atoms with Crippen molar-refractivity contribution in [3.63, 3.8) is 0 Å². The summed E-state index contributed by atoms with van der Waals surface area (Å²) in [5, 5.41) is 2.67. The maximum atomic E-state index is 11.4. The fourth-order valence-corrected chi connectivity index (χ4v) is 1.35. The zero-order valence-electron chi connectivity index (χ0n) is 9.22. The first-order valence-corrected chi connectivity index (χ1v) is 5.31. The van der Waals surface area contributed by atoms with Gasteiger partial charge in [0.25, 0.3) is 0 Å². The van der Waals surface area contributed by atoms with Gasteiger partial charge in [0.05, 0.1) is 0 Å². The fourth-order valence-electron chi connectivity index (χ4n) is 1.35. The summed E-state index contributed by atoms with van der Waals surface area (Å²) in [7, 11) is 0. The normalized spacial score (nSPS) is 9.65. The molecule has 1 radical (unpaired) electrons. The van der Waals surface area contributed by atoms with Gasteiger partial charge in [-0.25, -0.2) is 4.79 Å². The van der Waals surface area contributed by atoms with E-state index in [1.807, 2.05) is 36.4 Å². The molecule has 0 heterocycles. The number of carbonyl (C=O) groups excluding carboxylic acids is 1. The summed E-state index contributed by atoms with van der Waals surface area (Å²) in [6, 6.07) is 19.5. The van der Waals surface area contributed by atoms with Gasteiger partial charge in [-0.05, 0) is 11.6 Å². The molecule has 2 aromatic carbocycles. The number of benzene rings is 2. The van der Waals surface area contributed by atoms with Crippen LogP contribution in [0.4, 0.5) is 4.79 Å². The van der Waals surface area contributed by atoms with Crippen molar-refractivity contribution in [2.24, 2.45) is 0 Å². The lowest BCUT2D eigenvalue weighted by Crippen LogP contribution is -2.26. The van der Waals surface area contributed by atoms with Crippen LogP contribution in [0.25, 0.3) is 0 Å². The van der Waals surface area contributed by atoms with Crippen LogP contribution in [0.15, 0.2) is 54.6 Å². The van der Waals surface area contributed by atoms with E-state index in [4.69, 9.17) is 4.74 Å². The summed E-state index contributed by atoms with van der Waals surface area (Å²) in [5.41, 5.74) is 1.03. The number of ether oxygens (including phenoxy) is 1. The molecule has 0 aliphatic rings. The molecule has 3 heteroatoms. The molecule has 1 amide bonds. The molecular formula is C14H12NO2. The Morgan fingerprint density at radius 1 is 1.12 bits per heavy atom. The van der Waals surface area contributed by atoms with Crippen LogP contribution in [0, 0.1) is 6.07 Å². The summed E-state index contributed by atoms with van der Waals surface area (Å²) in [6.07, 6.45) is -0.476. The Hall–Kier alpha value is -2.29. The molecule has 85 valence electrons. The molecule has 0 saturated carbocycles. The molecule has 2 aromatic rings. The quantitative estimate of drug-likeness (QED) is 0.873. The van der Waals surface area contributed by atoms with Crippen molar-refractivity contribution < 1.29 is 9.53 Å². The Kier molecular flexibility index (Phi) is 3.76. The summed E-state index contributed by atoms with van der Waals surface area (Å²) in [4.78, 5) is 11.4. The maximum Gasteiger partial charge on any atom is 0.412 e. The molecule has 0 aliphatic carbocycles. The van der Waals surface area contributed by atoms with E-state index in [1.165, 1.54) is 0 Å². The van der Waals surface area contributed by atoms with Crippen molar-refractivity contribution in [1.29, 1.82) is 0 Å². The second kappa shape index (κ2) is 5.70. The van der Waals surface area contributed by atoms with Gasteiger partial charge in [0.2, 0.25) is 0 Å². The van der Waals surface area contributed by atoms with E-state index in [-0.39, 0.29) is 0 Å². The highest BCUT2D eigenvalue weighted by Crippen LogP contribution is 2.07. The lowest BCUT2D eigenvalue weighted by atomic mass is 10.2. The van der Waals surface area contributed by atoms with Crippen LogP contribution in [-0.4, -0.2) is 6.09 Å². The van der Waals surface area contributed by atoms with Crippen molar-refractivity contribution in [3.8, 4) is 5.75 Å². The van der Waals surface area contributed by atoms with E-state index in [2.05, 4.69) is 11.4 Å². The van der Waals surface area contributed by atoms with Gasteiger partial charge in [0, 0.05) is 12.6 Å². The highest BCUT2D eigenvalue weighted by molar-refractivity contribution is 5.70. The Balaban J connectivity index is 1.83. The van der Waals surface area contributed by atoms with Crippen molar-refractivity contribution in [3.05, 3.63) is 66.2 Å². The SMILES string of the molecule is O=C(NCc1ccccc1)Oc1[c]cccc1. The molecule has 0 bridgehead atoms. The van der Waals surface area contributed by atoms with E-state index in [0.29, 0.717) is 12.3 Å². The summed E-state index contributed by atoms with van der Waals surface area (Å²) >= 11 is 0. The van der Waals surface area contributed by atoms with Gasteiger partial charge >= 0.3 is 6.09 Å². The topological polar surface area (TPSA) is 38.3 Å². The third-order valence-electron chi connectivity index (χ3n) is 2.16. The van der Waals surface area contributed by atoms with E-state index in [9.17, 15) is 4.79 Å². The average molecular weight is 226 g/mol. The number of hydrogen-bond acceptors (Lipinski definition) is 2. The van der Waals surface area contributed by atoms with Crippen LogP contribution in [0.2, 0.25) is 0 Å². The molecule has 1 N–H and O–H groups in total. The second-order valence-electron chi connectivity index (χ2n) is 3.46. The summed E-state index contributed by atoms with van der Waals surface area (Å²) in [6.45, 7) is 0.451. The number of rotatable bonds is 3. The maximum absolute atomic E-state index is 11.4. The number of nitrogens with one attached hydrogen (secondary N) is 1. The highest BCUT2D eigenvalue weighted by atomic mass is 16.5. The third-order valence-corrected chi connectivity index (χ3v) is 2.16. The van der Waals surface area contributed by atoms with E-state index in [0.717, 1.165) is 5.56 Å². The van der Waals surface area contributed by atoms with E-state index >= 15 is 0 Å². The van der Waals surface area contributed by atoms with E-state index in [1.54, 1.807) is 18.2 Å². The molecule has 0 fully saturated rings. The first kappa shape index (κ1) is 11.2. The molecule has 17 heavy (non-hydrogen) atoms. The lowest BCUT2D eigenvalue weighted by molar-refractivity contribution is 0.200. The molecule has 2 rings (SSSR count). The fraction of sp³-hybridized carbons (Fsp3) is 0.0714. The Morgan fingerprint density at radius 3 is 2.59 bits per heavy atom. The predicted octanol–water partition coefficient (Wildman–Crippen LogP) is 2.78. The zero-order valence-corrected chi connectivity index (χ0v) is 9.22. The number of para-hydroxylation sites is 1. The average Bonchev–Trinajstić information content (AvgIpc) is 2.39.